The predicted molar refractivity (Wildman–Crippen MR) is 261 cm³/mol. The first kappa shape index (κ1) is 58.6. The van der Waals surface area contributed by atoms with E-state index in [0.29, 0.717) is 26.1 Å². The average molecular weight is 847 g/mol. The molecule has 5 heteroatoms. The van der Waals surface area contributed by atoms with E-state index in [1.165, 1.54) is 225 Å². The lowest BCUT2D eigenvalue weighted by molar-refractivity contribution is -0.163. The largest absolute Gasteiger partial charge is 0.462 e. The van der Waals surface area contributed by atoms with Crippen molar-refractivity contribution >= 4 is 11.9 Å². The third kappa shape index (κ3) is 49.3. The van der Waals surface area contributed by atoms with E-state index in [1.54, 1.807) is 0 Å². The van der Waals surface area contributed by atoms with Gasteiger partial charge in [-0.2, -0.15) is 0 Å². The van der Waals surface area contributed by atoms with Gasteiger partial charge in [0.1, 0.15) is 6.61 Å². The van der Waals surface area contributed by atoms with Crippen LogP contribution in [0.25, 0.3) is 0 Å². The van der Waals surface area contributed by atoms with Crippen molar-refractivity contribution in [2.75, 3.05) is 19.8 Å². The first-order valence-electron chi connectivity index (χ1n) is 27.2. The maximum Gasteiger partial charge on any atom is 0.306 e. The number of hydrogen-bond donors (Lipinski definition) is 0. The number of unbranched alkanes of at least 4 members (excludes halogenated alkanes) is 38. The van der Waals surface area contributed by atoms with Crippen LogP contribution >= 0.6 is 0 Å². The minimum Gasteiger partial charge on any atom is -0.462 e. The Kier molecular flexibility index (Phi) is 50.8. The van der Waals surface area contributed by atoms with Gasteiger partial charge in [0.2, 0.25) is 0 Å². The molecule has 0 aliphatic heterocycles. The molecule has 1 unspecified atom stereocenters. The smallest absolute Gasteiger partial charge is 0.306 e. The Morgan fingerprint density at radius 2 is 0.650 bits per heavy atom. The Hall–Kier alpha value is -1.36. The molecule has 5 nitrogen and oxygen atoms in total. The average Bonchev–Trinajstić information content (AvgIpc) is 3.25. The van der Waals surface area contributed by atoms with E-state index < -0.39 is 6.10 Å². The predicted octanol–water partition coefficient (Wildman–Crippen LogP) is 18.2. The molecule has 0 aromatic heterocycles. The number of esters is 2. The topological polar surface area (TPSA) is 61.8 Å². The lowest BCUT2D eigenvalue weighted by Crippen LogP contribution is -2.30. The second-order valence-corrected chi connectivity index (χ2v) is 18.5. The summed E-state index contributed by atoms with van der Waals surface area (Å²) in [6.45, 7) is 7.87. The zero-order chi connectivity index (χ0) is 43.5. The summed E-state index contributed by atoms with van der Waals surface area (Å²) >= 11 is 0. The van der Waals surface area contributed by atoms with E-state index in [2.05, 4.69) is 32.9 Å². The second-order valence-electron chi connectivity index (χ2n) is 18.5. The Bertz CT molecular complexity index is 871. The molecule has 0 aromatic rings. The van der Waals surface area contributed by atoms with Gasteiger partial charge in [0.15, 0.2) is 6.10 Å². The zero-order valence-corrected chi connectivity index (χ0v) is 41.0. The summed E-state index contributed by atoms with van der Waals surface area (Å²) in [4.78, 5) is 25.3. The number of carbonyl (C=O) groups is 2. The molecule has 0 bridgehead atoms. The number of ether oxygens (including phenoxy) is 3. The van der Waals surface area contributed by atoms with Crippen LogP contribution in [0.2, 0.25) is 0 Å². The van der Waals surface area contributed by atoms with Crippen molar-refractivity contribution in [3.8, 4) is 0 Å². The van der Waals surface area contributed by atoms with Gasteiger partial charge in [-0.25, -0.2) is 0 Å². The Morgan fingerprint density at radius 1 is 0.350 bits per heavy atom. The van der Waals surface area contributed by atoms with Crippen molar-refractivity contribution in [1.82, 2.24) is 0 Å². The summed E-state index contributed by atoms with van der Waals surface area (Å²) in [6.07, 6.45) is 59.4. The molecule has 0 aliphatic rings. The van der Waals surface area contributed by atoms with Crippen LogP contribution in [0.3, 0.4) is 0 Å². The van der Waals surface area contributed by atoms with E-state index in [0.717, 1.165) is 44.9 Å². The highest BCUT2D eigenvalue weighted by atomic mass is 16.6. The Balaban J connectivity index is 4.13. The first-order chi connectivity index (χ1) is 29.6. The van der Waals surface area contributed by atoms with Crippen molar-refractivity contribution in [1.29, 1.82) is 0 Å². The number of rotatable bonds is 51. The molecule has 0 aromatic carbocycles. The van der Waals surface area contributed by atoms with Crippen LogP contribution < -0.4 is 0 Å². The first-order valence-corrected chi connectivity index (χ1v) is 27.2. The third-order valence-electron chi connectivity index (χ3n) is 12.3. The molecular formula is C55H106O5. The second kappa shape index (κ2) is 52.0. The summed E-state index contributed by atoms with van der Waals surface area (Å²) in [6, 6.07) is 0. The van der Waals surface area contributed by atoms with Crippen molar-refractivity contribution in [2.45, 2.75) is 309 Å². The molecule has 0 rings (SSSR count). The monoisotopic (exact) mass is 847 g/mol. The van der Waals surface area contributed by atoms with Crippen molar-refractivity contribution in [3.63, 3.8) is 0 Å². The van der Waals surface area contributed by atoms with Crippen molar-refractivity contribution in [2.24, 2.45) is 0 Å². The molecular weight excluding hydrogens is 741 g/mol. The molecule has 356 valence electrons. The van der Waals surface area contributed by atoms with Crippen molar-refractivity contribution in [3.05, 3.63) is 12.2 Å². The van der Waals surface area contributed by atoms with Crippen LogP contribution in [0.1, 0.15) is 303 Å². The molecule has 0 fully saturated rings. The summed E-state index contributed by atoms with van der Waals surface area (Å²) in [5.41, 5.74) is 0. The van der Waals surface area contributed by atoms with Crippen LogP contribution in [0.15, 0.2) is 12.2 Å². The molecule has 0 spiro atoms. The lowest BCUT2D eigenvalue weighted by Gasteiger charge is -2.18. The SMILES string of the molecule is CCCCCC/C=C\CCCCCCCC(=O)OCC(COCCCCCCCCCCCCCCCCCCCCCC)OC(=O)CCCCCCCCCCCCC. The molecule has 0 aliphatic carbocycles. The zero-order valence-electron chi connectivity index (χ0n) is 41.0. The van der Waals surface area contributed by atoms with E-state index in [9.17, 15) is 9.59 Å². The fourth-order valence-corrected chi connectivity index (χ4v) is 8.21. The molecule has 0 amide bonds. The van der Waals surface area contributed by atoms with Crippen LogP contribution in [0, 0.1) is 0 Å². The molecule has 0 N–H and O–H groups in total. The van der Waals surface area contributed by atoms with E-state index in [4.69, 9.17) is 14.2 Å². The third-order valence-corrected chi connectivity index (χ3v) is 12.3. The quantitative estimate of drug-likeness (QED) is 0.0347. The maximum absolute atomic E-state index is 12.8. The van der Waals surface area contributed by atoms with E-state index in [-0.39, 0.29) is 18.5 Å². The maximum atomic E-state index is 12.8. The van der Waals surface area contributed by atoms with Gasteiger partial charge in [-0.15, -0.1) is 0 Å². The molecule has 0 heterocycles. The minimum absolute atomic E-state index is 0.0901. The number of hydrogen-bond acceptors (Lipinski definition) is 5. The summed E-state index contributed by atoms with van der Waals surface area (Å²) in [5, 5.41) is 0. The normalized spacial score (nSPS) is 12.1. The number of carbonyl (C=O) groups excluding carboxylic acids is 2. The van der Waals surface area contributed by atoms with Crippen molar-refractivity contribution < 1.29 is 23.8 Å². The van der Waals surface area contributed by atoms with Gasteiger partial charge in [-0.05, 0) is 44.9 Å². The van der Waals surface area contributed by atoms with Crippen LogP contribution in [0.5, 0.6) is 0 Å². The molecule has 1 atom stereocenters. The Morgan fingerprint density at radius 3 is 1.03 bits per heavy atom. The van der Waals surface area contributed by atoms with Gasteiger partial charge in [0, 0.05) is 19.4 Å². The highest BCUT2D eigenvalue weighted by Gasteiger charge is 2.17. The van der Waals surface area contributed by atoms with E-state index in [1.807, 2.05) is 0 Å². The number of allylic oxidation sites excluding steroid dienone is 2. The summed E-state index contributed by atoms with van der Waals surface area (Å²) < 4.78 is 17.4. The van der Waals surface area contributed by atoms with Gasteiger partial charge in [0.25, 0.3) is 0 Å². The highest BCUT2D eigenvalue weighted by Crippen LogP contribution is 2.16. The van der Waals surface area contributed by atoms with E-state index >= 15 is 0 Å². The fraction of sp³-hybridized carbons (Fsp3) is 0.927. The van der Waals surface area contributed by atoms with Gasteiger partial charge < -0.3 is 14.2 Å². The lowest BCUT2D eigenvalue weighted by atomic mass is 10.0. The standard InChI is InChI=1S/C55H106O5/c1-4-7-10-13-16-19-22-24-25-26-27-28-29-30-32-35-38-41-44-47-50-58-51-53(60-55(57)49-46-43-40-37-33-21-18-15-12-9-6-3)52-59-54(56)48-45-42-39-36-34-31-23-20-17-14-11-8-5-2/h20,23,53H,4-19,21-22,24-52H2,1-3H3/b23-20-. The molecule has 60 heavy (non-hydrogen) atoms. The van der Waals surface area contributed by atoms with Gasteiger partial charge in [0.05, 0.1) is 6.61 Å². The highest BCUT2D eigenvalue weighted by molar-refractivity contribution is 5.70. The Labute approximate surface area is 375 Å². The summed E-state index contributed by atoms with van der Waals surface area (Å²) in [7, 11) is 0. The fourth-order valence-electron chi connectivity index (χ4n) is 8.21. The molecule has 0 saturated carbocycles. The molecule has 0 saturated heterocycles. The summed E-state index contributed by atoms with van der Waals surface area (Å²) in [5.74, 6) is -0.387. The van der Waals surface area contributed by atoms with Gasteiger partial charge in [-0.3, -0.25) is 9.59 Å². The van der Waals surface area contributed by atoms with Crippen LogP contribution in [0.4, 0.5) is 0 Å². The minimum atomic E-state index is -0.529. The van der Waals surface area contributed by atoms with Crippen LogP contribution in [-0.4, -0.2) is 37.9 Å². The van der Waals surface area contributed by atoms with Gasteiger partial charge in [-0.1, -0.05) is 258 Å². The van der Waals surface area contributed by atoms with Crippen LogP contribution in [-0.2, 0) is 23.8 Å². The molecule has 0 radical (unpaired) electrons. The van der Waals surface area contributed by atoms with Gasteiger partial charge >= 0.3 is 11.9 Å².